The van der Waals surface area contributed by atoms with Gasteiger partial charge < -0.3 is 12.4 Å². The van der Waals surface area contributed by atoms with Crippen molar-refractivity contribution in [2.75, 3.05) is 0 Å². The highest BCUT2D eigenvalue weighted by molar-refractivity contribution is 5.66. The van der Waals surface area contributed by atoms with E-state index >= 15 is 0 Å². The number of nitrogens with zero attached hydrogens (tertiary/aromatic N) is 1. The topological polar surface area (TPSA) is 3.01 Å². The van der Waals surface area contributed by atoms with E-state index in [-0.39, 0.29) is 23.4 Å². The summed E-state index contributed by atoms with van der Waals surface area (Å²) in [5, 5.41) is 0. The number of para-hydroxylation sites is 1. The molecule has 0 fully saturated rings. The summed E-state index contributed by atoms with van der Waals surface area (Å²) < 4.78 is 2.57. The Morgan fingerprint density at radius 1 is 0.909 bits per heavy atom. The largest absolute Gasteiger partial charge is 1.00 e. The Kier molecular flexibility index (Phi) is 5.55. The molecule has 1 aromatic rings. The molecule has 0 amide bonds. The Morgan fingerprint density at radius 2 is 1.36 bits per heavy atom. The van der Waals surface area contributed by atoms with Gasteiger partial charge in [0.25, 0.3) is 0 Å². The molecule has 0 saturated heterocycles. The third kappa shape index (κ3) is 3.56. The minimum atomic E-state index is 0. The fourth-order valence-corrected chi connectivity index (χ4v) is 3.93. The lowest BCUT2D eigenvalue weighted by Crippen LogP contribution is -3.00. The van der Waals surface area contributed by atoms with E-state index in [1.807, 2.05) is 0 Å². The molecule has 1 aliphatic heterocycles. The average molecular weight is 322 g/mol. The number of hydrogen-bond donors (Lipinski definition) is 0. The molecule has 22 heavy (non-hydrogen) atoms. The Bertz CT molecular complexity index is 539. The maximum absolute atomic E-state index is 2.57. The van der Waals surface area contributed by atoms with Crippen LogP contribution >= 0.6 is 0 Å². The molecule has 2 heteroatoms. The molecule has 2 rings (SSSR count). The van der Waals surface area contributed by atoms with Gasteiger partial charge >= 0.3 is 0 Å². The van der Waals surface area contributed by atoms with Crippen LogP contribution in [0.15, 0.2) is 18.2 Å². The van der Waals surface area contributed by atoms with E-state index in [1.54, 1.807) is 0 Å². The van der Waals surface area contributed by atoms with Crippen molar-refractivity contribution in [1.82, 2.24) is 0 Å². The first-order valence-corrected chi connectivity index (χ1v) is 8.33. The molecule has 1 heterocycles. The van der Waals surface area contributed by atoms with Gasteiger partial charge in [-0.3, -0.25) is 0 Å². The van der Waals surface area contributed by atoms with Crippen LogP contribution in [0, 0.1) is 5.41 Å². The third-order valence-electron chi connectivity index (χ3n) is 4.60. The van der Waals surface area contributed by atoms with Crippen LogP contribution in [0.25, 0.3) is 0 Å². The van der Waals surface area contributed by atoms with Crippen LogP contribution in [0.5, 0.6) is 0 Å². The highest BCUT2D eigenvalue weighted by Crippen LogP contribution is 2.43. The molecule has 0 aliphatic carbocycles. The van der Waals surface area contributed by atoms with E-state index in [2.05, 4.69) is 84.4 Å². The van der Waals surface area contributed by atoms with Crippen molar-refractivity contribution in [3.63, 3.8) is 0 Å². The molecular formula is C20H32ClN. The van der Waals surface area contributed by atoms with Gasteiger partial charge in [0.2, 0.25) is 5.69 Å². The van der Waals surface area contributed by atoms with Gasteiger partial charge in [-0.2, -0.15) is 4.58 Å². The van der Waals surface area contributed by atoms with Crippen LogP contribution in [0.3, 0.4) is 0 Å². The standard InChI is InChI=1S/C20H32N.ClH/c1-14(2)16-10-9-11-17(15(3)4)18(16)21-13-19(5,6)12-20(21,7)8;/h9-11,13-15H,12H2,1-8H3;1H/q+1;/p-1. The number of hydrogen-bond acceptors (Lipinski definition) is 0. The van der Waals surface area contributed by atoms with Crippen molar-refractivity contribution in [2.24, 2.45) is 5.41 Å². The Balaban J connectivity index is 0.00000242. The number of rotatable bonds is 3. The minimum Gasteiger partial charge on any atom is -1.00 e. The smallest absolute Gasteiger partial charge is 0.212 e. The van der Waals surface area contributed by atoms with Crippen LogP contribution < -0.4 is 12.4 Å². The van der Waals surface area contributed by atoms with Gasteiger partial charge in [0.05, 0.1) is 0 Å². The molecule has 0 radical (unpaired) electrons. The fraction of sp³-hybridized carbons (Fsp3) is 0.650. The van der Waals surface area contributed by atoms with Gasteiger partial charge in [-0.1, -0.05) is 59.7 Å². The van der Waals surface area contributed by atoms with Crippen molar-refractivity contribution in [3.05, 3.63) is 29.3 Å². The van der Waals surface area contributed by atoms with Crippen molar-refractivity contribution in [1.29, 1.82) is 0 Å². The van der Waals surface area contributed by atoms with Gasteiger partial charge in [-0.25, -0.2) is 0 Å². The first-order valence-electron chi connectivity index (χ1n) is 8.33. The van der Waals surface area contributed by atoms with Gasteiger partial charge in [0.1, 0.15) is 0 Å². The lowest BCUT2D eigenvalue weighted by molar-refractivity contribution is -0.513. The number of benzene rings is 1. The molecule has 1 aromatic carbocycles. The molecule has 0 N–H and O–H groups in total. The Labute approximate surface area is 143 Å². The summed E-state index contributed by atoms with van der Waals surface area (Å²) in [6.07, 6.45) is 3.66. The minimum absolute atomic E-state index is 0. The summed E-state index contributed by atoms with van der Waals surface area (Å²) >= 11 is 0. The predicted octanol–water partition coefficient (Wildman–Crippen LogP) is 2.86. The summed E-state index contributed by atoms with van der Waals surface area (Å²) in [6, 6.07) is 6.84. The molecule has 0 spiro atoms. The normalized spacial score (nSPS) is 19.3. The monoisotopic (exact) mass is 321 g/mol. The zero-order chi connectivity index (χ0) is 16.0. The molecule has 1 nitrogen and oxygen atoms in total. The van der Waals surface area contributed by atoms with Crippen molar-refractivity contribution in [2.45, 2.75) is 79.2 Å². The Hall–Kier alpha value is -0.820. The van der Waals surface area contributed by atoms with E-state index < -0.39 is 0 Å². The maximum Gasteiger partial charge on any atom is 0.212 e. The summed E-state index contributed by atoms with van der Waals surface area (Å²) in [4.78, 5) is 0. The van der Waals surface area contributed by atoms with Crippen LogP contribution in [-0.2, 0) is 0 Å². The first kappa shape index (κ1) is 19.2. The maximum atomic E-state index is 2.57. The van der Waals surface area contributed by atoms with E-state index in [1.165, 1.54) is 23.2 Å². The van der Waals surface area contributed by atoms with Crippen LogP contribution in [0.4, 0.5) is 5.69 Å². The second-order valence-corrected chi connectivity index (χ2v) is 8.57. The van der Waals surface area contributed by atoms with Crippen molar-refractivity contribution in [3.8, 4) is 0 Å². The molecule has 0 bridgehead atoms. The second-order valence-electron chi connectivity index (χ2n) is 8.57. The summed E-state index contributed by atoms with van der Waals surface area (Å²) in [7, 11) is 0. The third-order valence-corrected chi connectivity index (χ3v) is 4.60. The van der Waals surface area contributed by atoms with Gasteiger partial charge in [-0.15, -0.1) is 0 Å². The summed E-state index contributed by atoms with van der Waals surface area (Å²) in [6.45, 7) is 18.7. The van der Waals surface area contributed by atoms with Gasteiger partial charge in [0, 0.05) is 36.8 Å². The first-order chi connectivity index (χ1) is 9.55. The molecule has 0 saturated carbocycles. The van der Waals surface area contributed by atoms with Crippen LogP contribution in [0.2, 0.25) is 0 Å². The molecule has 124 valence electrons. The lowest BCUT2D eigenvalue weighted by Gasteiger charge is -2.23. The molecular weight excluding hydrogens is 290 g/mol. The predicted molar refractivity (Wildman–Crippen MR) is 93.1 cm³/mol. The SMILES string of the molecule is CC(C)c1cccc(C(C)C)c1[N+]1=CC(C)(C)CC1(C)C.[Cl-]. The molecule has 0 unspecified atom stereocenters. The zero-order valence-corrected chi connectivity index (χ0v) is 16.3. The zero-order valence-electron chi connectivity index (χ0n) is 15.5. The average Bonchev–Trinajstić information content (AvgIpc) is 2.55. The quantitative estimate of drug-likeness (QED) is 0.753. The highest BCUT2D eigenvalue weighted by atomic mass is 35.5. The van der Waals surface area contributed by atoms with Gasteiger partial charge in [0.15, 0.2) is 11.8 Å². The van der Waals surface area contributed by atoms with Crippen LogP contribution in [-0.4, -0.2) is 16.3 Å². The van der Waals surface area contributed by atoms with E-state index in [9.17, 15) is 0 Å². The van der Waals surface area contributed by atoms with Crippen molar-refractivity contribution >= 4 is 11.9 Å². The number of halogens is 1. The lowest BCUT2D eigenvalue weighted by atomic mass is 9.84. The Morgan fingerprint density at radius 3 is 1.68 bits per heavy atom. The highest BCUT2D eigenvalue weighted by Gasteiger charge is 2.47. The molecule has 1 aliphatic rings. The second kappa shape index (κ2) is 6.35. The van der Waals surface area contributed by atoms with E-state index in [0.29, 0.717) is 11.8 Å². The van der Waals surface area contributed by atoms with E-state index in [0.717, 1.165) is 0 Å². The summed E-state index contributed by atoms with van der Waals surface area (Å²) in [5.41, 5.74) is 4.85. The molecule has 0 atom stereocenters. The fourth-order valence-electron chi connectivity index (χ4n) is 3.93. The van der Waals surface area contributed by atoms with Gasteiger partial charge in [-0.05, 0) is 11.8 Å². The molecule has 0 aromatic heterocycles. The van der Waals surface area contributed by atoms with Crippen LogP contribution in [0.1, 0.15) is 84.8 Å². The van der Waals surface area contributed by atoms with E-state index in [4.69, 9.17) is 0 Å². The van der Waals surface area contributed by atoms with Crippen molar-refractivity contribution < 1.29 is 17.0 Å². The summed E-state index contributed by atoms with van der Waals surface area (Å²) in [5.74, 6) is 1.10.